The lowest BCUT2D eigenvalue weighted by Gasteiger charge is -2.15. The molecule has 1 aromatic heterocycles. The van der Waals surface area contributed by atoms with Crippen LogP contribution in [0.1, 0.15) is 26.0 Å². The van der Waals surface area contributed by atoms with E-state index < -0.39 is 0 Å². The minimum Gasteiger partial charge on any atom is -0.383 e. The number of anilines is 2. The van der Waals surface area contributed by atoms with E-state index in [9.17, 15) is 4.79 Å². The van der Waals surface area contributed by atoms with E-state index in [-0.39, 0.29) is 11.9 Å². The summed E-state index contributed by atoms with van der Waals surface area (Å²) in [7, 11) is 1.60. The Labute approximate surface area is 125 Å². The van der Waals surface area contributed by atoms with Crippen molar-refractivity contribution in [1.29, 1.82) is 0 Å². The van der Waals surface area contributed by atoms with Crippen molar-refractivity contribution in [3.8, 4) is 0 Å². The molecule has 1 heterocycles. The summed E-state index contributed by atoms with van der Waals surface area (Å²) in [5.74, 6) is 1.12. The summed E-state index contributed by atoms with van der Waals surface area (Å²) in [4.78, 5) is 20.5. The van der Waals surface area contributed by atoms with Crippen LogP contribution < -0.4 is 16.0 Å². The first-order chi connectivity index (χ1) is 10.1. The molecular weight excluding hydrogens is 270 g/mol. The highest BCUT2D eigenvalue weighted by atomic mass is 16.5. The first-order valence-corrected chi connectivity index (χ1v) is 7.19. The number of amides is 1. The maximum absolute atomic E-state index is 11.9. The molecule has 118 valence electrons. The number of hydrogen-bond donors (Lipinski definition) is 3. The van der Waals surface area contributed by atoms with E-state index in [1.165, 1.54) is 0 Å². The third kappa shape index (κ3) is 6.40. The fourth-order valence-electron chi connectivity index (χ4n) is 1.68. The highest BCUT2D eigenvalue weighted by molar-refractivity contribution is 5.83. The number of nitrogens with one attached hydrogen (secondary N) is 3. The highest BCUT2D eigenvalue weighted by Crippen LogP contribution is 2.10. The lowest BCUT2D eigenvalue weighted by molar-refractivity contribution is -0.121. The van der Waals surface area contributed by atoms with Crippen molar-refractivity contribution in [2.75, 3.05) is 37.4 Å². The van der Waals surface area contributed by atoms with Crippen LogP contribution in [0.15, 0.2) is 6.07 Å². The van der Waals surface area contributed by atoms with Crippen LogP contribution in [0.25, 0.3) is 0 Å². The van der Waals surface area contributed by atoms with Gasteiger partial charge in [0.05, 0.1) is 6.61 Å². The third-order valence-electron chi connectivity index (χ3n) is 2.75. The van der Waals surface area contributed by atoms with Gasteiger partial charge in [-0.25, -0.2) is 4.98 Å². The number of nitrogens with zero attached hydrogens (tertiary/aromatic N) is 2. The second-order valence-corrected chi connectivity index (χ2v) is 4.79. The van der Waals surface area contributed by atoms with E-state index in [0.717, 1.165) is 18.7 Å². The SMILES string of the molecule is CCCNc1nc(C)cc(NC(C)C(=O)NCCOC)n1. The van der Waals surface area contributed by atoms with Gasteiger partial charge in [-0.05, 0) is 20.3 Å². The zero-order valence-corrected chi connectivity index (χ0v) is 13.2. The summed E-state index contributed by atoms with van der Waals surface area (Å²) >= 11 is 0. The monoisotopic (exact) mass is 295 g/mol. The van der Waals surface area contributed by atoms with Crippen molar-refractivity contribution in [2.45, 2.75) is 33.2 Å². The van der Waals surface area contributed by atoms with E-state index in [4.69, 9.17) is 4.74 Å². The molecule has 7 heteroatoms. The minimum absolute atomic E-state index is 0.0913. The fourth-order valence-corrected chi connectivity index (χ4v) is 1.68. The average Bonchev–Trinajstić information content (AvgIpc) is 2.44. The number of carbonyl (C=O) groups is 1. The van der Waals surface area contributed by atoms with Crippen molar-refractivity contribution in [1.82, 2.24) is 15.3 Å². The maximum atomic E-state index is 11.9. The van der Waals surface area contributed by atoms with Gasteiger partial charge in [-0.2, -0.15) is 4.98 Å². The molecule has 0 aliphatic rings. The molecule has 0 radical (unpaired) electrons. The third-order valence-corrected chi connectivity index (χ3v) is 2.75. The van der Waals surface area contributed by atoms with E-state index in [2.05, 4.69) is 32.8 Å². The number of methoxy groups -OCH3 is 1. The molecule has 0 aromatic carbocycles. The predicted octanol–water partition coefficient (Wildman–Crippen LogP) is 1.17. The fraction of sp³-hybridized carbons (Fsp3) is 0.643. The Morgan fingerprint density at radius 2 is 2.14 bits per heavy atom. The molecule has 7 nitrogen and oxygen atoms in total. The molecule has 3 N–H and O–H groups in total. The summed E-state index contributed by atoms with van der Waals surface area (Å²) in [6.45, 7) is 7.57. The molecule has 1 rings (SSSR count). The molecule has 0 fully saturated rings. The van der Waals surface area contributed by atoms with Gasteiger partial charge in [0.15, 0.2) is 0 Å². The van der Waals surface area contributed by atoms with Gasteiger partial charge < -0.3 is 20.7 Å². The number of carbonyl (C=O) groups excluding carboxylic acids is 1. The van der Waals surface area contributed by atoms with Gasteiger partial charge in [-0.1, -0.05) is 6.92 Å². The molecule has 1 unspecified atom stereocenters. The Balaban J connectivity index is 2.60. The number of ether oxygens (including phenoxy) is 1. The Hall–Kier alpha value is -1.89. The molecule has 1 aromatic rings. The Morgan fingerprint density at radius 1 is 1.38 bits per heavy atom. The van der Waals surface area contributed by atoms with Gasteiger partial charge in [0.1, 0.15) is 11.9 Å². The van der Waals surface area contributed by atoms with E-state index in [1.807, 2.05) is 13.0 Å². The summed E-state index contributed by atoms with van der Waals surface area (Å²) in [5, 5.41) is 9.00. The number of aryl methyl sites for hydroxylation is 1. The molecule has 0 bridgehead atoms. The summed E-state index contributed by atoms with van der Waals surface area (Å²) in [5.41, 5.74) is 0.845. The molecular formula is C14H25N5O2. The van der Waals surface area contributed by atoms with Crippen molar-refractivity contribution >= 4 is 17.7 Å². The zero-order valence-electron chi connectivity index (χ0n) is 13.2. The first kappa shape index (κ1) is 17.2. The quantitative estimate of drug-likeness (QED) is 0.593. The van der Waals surface area contributed by atoms with Crippen LogP contribution in [-0.4, -0.2) is 48.7 Å². The van der Waals surface area contributed by atoms with Gasteiger partial charge in [0, 0.05) is 32.0 Å². The van der Waals surface area contributed by atoms with Gasteiger partial charge >= 0.3 is 0 Å². The maximum Gasteiger partial charge on any atom is 0.242 e. The molecule has 0 spiro atoms. The topological polar surface area (TPSA) is 88.2 Å². The minimum atomic E-state index is -0.379. The van der Waals surface area contributed by atoms with Gasteiger partial charge in [0.25, 0.3) is 0 Å². The smallest absolute Gasteiger partial charge is 0.242 e. The highest BCUT2D eigenvalue weighted by Gasteiger charge is 2.13. The average molecular weight is 295 g/mol. The van der Waals surface area contributed by atoms with Crippen molar-refractivity contribution in [3.05, 3.63) is 11.8 Å². The Kier molecular flexibility index (Phi) is 7.45. The lowest BCUT2D eigenvalue weighted by Crippen LogP contribution is -2.39. The molecule has 0 aliphatic carbocycles. The van der Waals surface area contributed by atoms with E-state index in [1.54, 1.807) is 14.0 Å². The van der Waals surface area contributed by atoms with Crippen molar-refractivity contribution in [3.63, 3.8) is 0 Å². The largest absolute Gasteiger partial charge is 0.383 e. The van der Waals surface area contributed by atoms with Crippen LogP contribution in [0.5, 0.6) is 0 Å². The normalized spacial score (nSPS) is 11.8. The predicted molar refractivity (Wildman–Crippen MR) is 83.5 cm³/mol. The van der Waals surface area contributed by atoms with Crippen LogP contribution in [0.3, 0.4) is 0 Å². The standard InChI is InChI=1S/C14H25N5O2/c1-5-6-16-14-17-10(2)9-12(19-14)18-11(3)13(20)15-7-8-21-4/h9,11H,5-8H2,1-4H3,(H,15,20)(H2,16,17,18,19). The van der Waals surface area contributed by atoms with Gasteiger partial charge in [-0.15, -0.1) is 0 Å². The number of rotatable bonds is 9. The molecule has 1 amide bonds. The van der Waals surface area contributed by atoms with Crippen LogP contribution in [0, 0.1) is 6.92 Å². The second-order valence-electron chi connectivity index (χ2n) is 4.79. The van der Waals surface area contributed by atoms with E-state index in [0.29, 0.717) is 24.9 Å². The molecule has 1 atom stereocenters. The molecule has 0 saturated carbocycles. The van der Waals surface area contributed by atoms with E-state index >= 15 is 0 Å². The lowest BCUT2D eigenvalue weighted by atomic mass is 10.3. The zero-order chi connectivity index (χ0) is 15.7. The van der Waals surface area contributed by atoms with Crippen LogP contribution in [-0.2, 0) is 9.53 Å². The summed E-state index contributed by atoms with van der Waals surface area (Å²) < 4.78 is 4.90. The molecule has 21 heavy (non-hydrogen) atoms. The van der Waals surface area contributed by atoms with Crippen molar-refractivity contribution in [2.24, 2.45) is 0 Å². The Morgan fingerprint density at radius 3 is 2.81 bits per heavy atom. The first-order valence-electron chi connectivity index (χ1n) is 7.19. The van der Waals surface area contributed by atoms with Crippen LogP contribution in [0.4, 0.5) is 11.8 Å². The Bertz CT molecular complexity index is 453. The molecule has 0 saturated heterocycles. The van der Waals surface area contributed by atoms with Gasteiger partial charge in [0.2, 0.25) is 11.9 Å². The summed E-state index contributed by atoms with van der Waals surface area (Å²) in [6, 6.07) is 1.44. The number of aromatic nitrogens is 2. The summed E-state index contributed by atoms with van der Waals surface area (Å²) in [6.07, 6.45) is 0.998. The second kappa shape index (κ2) is 9.12. The van der Waals surface area contributed by atoms with Crippen LogP contribution >= 0.6 is 0 Å². The van der Waals surface area contributed by atoms with Crippen molar-refractivity contribution < 1.29 is 9.53 Å². The number of hydrogen-bond acceptors (Lipinski definition) is 6. The van der Waals surface area contributed by atoms with Gasteiger partial charge in [-0.3, -0.25) is 4.79 Å². The molecule has 0 aliphatic heterocycles. The van der Waals surface area contributed by atoms with Crippen LogP contribution in [0.2, 0.25) is 0 Å².